The van der Waals surface area contributed by atoms with Gasteiger partial charge < -0.3 is 20.3 Å². The van der Waals surface area contributed by atoms with Gasteiger partial charge in [-0.25, -0.2) is 4.39 Å². The van der Waals surface area contributed by atoms with Gasteiger partial charge in [0.25, 0.3) is 0 Å². The lowest BCUT2D eigenvalue weighted by molar-refractivity contribution is 0.297. The molecule has 0 aromatic heterocycles. The number of hydrogen-bond acceptors (Lipinski definition) is 3. The normalized spacial score (nSPS) is 12.8. The molecule has 0 aliphatic rings. The molecule has 2 aromatic carbocycles. The van der Waals surface area contributed by atoms with Crippen LogP contribution in [0.25, 0.3) is 0 Å². The van der Waals surface area contributed by atoms with E-state index in [9.17, 15) is 4.39 Å². The molecule has 2 N–H and O–H groups in total. The first-order chi connectivity index (χ1) is 12.5. The molecule has 6 heteroatoms. The van der Waals surface area contributed by atoms with E-state index in [-0.39, 0.29) is 11.9 Å². The molecule has 1 atom stereocenters. The van der Waals surface area contributed by atoms with E-state index in [0.29, 0.717) is 19.0 Å². The number of methoxy groups -OCH3 is 1. The average Bonchev–Trinajstić information content (AvgIpc) is 2.64. The first-order valence-corrected chi connectivity index (χ1v) is 8.53. The zero-order valence-corrected chi connectivity index (χ0v) is 15.8. The minimum Gasteiger partial charge on any atom is -0.497 e. The predicted octanol–water partition coefficient (Wildman–Crippen LogP) is 2.80. The number of nitrogens with zero attached hydrogens (tertiary/aromatic N) is 2. The lowest BCUT2D eigenvalue weighted by Gasteiger charge is -2.26. The first-order valence-electron chi connectivity index (χ1n) is 8.53. The minimum atomic E-state index is -0.226. The van der Waals surface area contributed by atoms with Crippen molar-refractivity contribution >= 4 is 5.96 Å². The summed E-state index contributed by atoms with van der Waals surface area (Å²) in [6, 6.07) is 14.6. The summed E-state index contributed by atoms with van der Waals surface area (Å²) >= 11 is 0. The highest BCUT2D eigenvalue weighted by Gasteiger charge is 2.15. The molecule has 0 aliphatic heterocycles. The van der Waals surface area contributed by atoms with E-state index in [4.69, 9.17) is 4.74 Å². The van der Waals surface area contributed by atoms with Crippen LogP contribution in [-0.2, 0) is 6.54 Å². The fourth-order valence-corrected chi connectivity index (χ4v) is 2.66. The van der Waals surface area contributed by atoms with Gasteiger partial charge >= 0.3 is 0 Å². The predicted molar refractivity (Wildman–Crippen MR) is 104 cm³/mol. The molecule has 0 aliphatic carbocycles. The Bertz CT molecular complexity index is 716. The highest BCUT2D eigenvalue weighted by atomic mass is 19.1. The number of halogens is 1. The third-order valence-electron chi connectivity index (χ3n) is 4.16. The topological polar surface area (TPSA) is 48.9 Å². The fourth-order valence-electron chi connectivity index (χ4n) is 2.66. The summed E-state index contributed by atoms with van der Waals surface area (Å²) < 4.78 is 18.7. The van der Waals surface area contributed by atoms with Gasteiger partial charge in [0.2, 0.25) is 0 Å². The van der Waals surface area contributed by atoms with Crippen LogP contribution >= 0.6 is 0 Å². The Morgan fingerprint density at radius 2 is 1.88 bits per heavy atom. The number of rotatable bonds is 7. The van der Waals surface area contributed by atoms with Gasteiger partial charge in [-0.1, -0.05) is 24.3 Å². The van der Waals surface area contributed by atoms with Gasteiger partial charge in [-0.05, 0) is 49.5 Å². The molecule has 0 amide bonds. The van der Waals surface area contributed by atoms with Crippen molar-refractivity contribution < 1.29 is 9.13 Å². The molecule has 0 fully saturated rings. The molecule has 0 spiro atoms. The maximum absolute atomic E-state index is 13.5. The molecule has 0 radical (unpaired) electrons. The molecule has 0 bridgehead atoms. The number of guanidine groups is 1. The lowest BCUT2D eigenvalue weighted by Crippen LogP contribution is -2.41. The molecule has 0 saturated heterocycles. The lowest BCUT2D eigenvalue weighted by atomic mass is 10.1. The van der Waals surface area contributed by atoms with Crippen molar-refractivity contribution in [1.29, 1.82) is 0 Å². The maximum atomic E-state index is 13.5. The summed E-state index contributed by atoms with van der Waals surface area (Å²) in [4.78, 5) is 6.31. The molecular formula is C20H27FN4O. The molecule has 1 unspecified atom stereocenters. The highest BCUT2D eigenvalue weighted by molar-refractivity contribution is 5.79. The van der Waals surface area contributed by atoms with Crippen LogP contribution in [-0.4, -0.2) is 45.7 Å². The number of ether oxygens (including phenoxy) is 1. The van der Waals surface area contributed by atoms with E-state index >= 15 is 0 Å². The van der Waals surface area contributed by atoms with Gasteiger partial charge in [-0.2, -0.15) is 0 Å². The summed E-state index contributed by atoms with van der Waals surface area (Å²) in [5, 5.41) is 6.60. The number of nitrogens with one attached hydrogen (secondary N) is 2. The second-order valence-corrected chi connectivity index (χ2v) is 6.19. The van der Waals surface area contributed by atoms with Crippen molar-refractivity contribution in [2.75, 3.05) is 34.8 Å². The second kappa shape index (κ2) is 9.77. The van der Waals surface area contributed by atoms with Gasteiger partial charge in [0.05, 0.1) is 13.2 Å². The van der Waals surface area contributed by atoms with Gasteiger partial charge in [-0.15, -0.1) is 0 Å². The van der Waals surface area contributed by atoms with E-state index in [0.717, 1.165) is 16.9 Å². The summed E-state index contributed by atoms with van der Waals surface area (Å²) in [7, 11) is 7.34. The van der Waals surface area contributed by atoms with Crippen molar-refractivity contribution in [2.24, 2.45) is 4.99 Å². The summed E-state index contributed by atoms with van der Waals surface area (Å²) in [6.45, 7) is 1.26. The number of likely N-dealkylation sites (N-methyl/N-ethyl adjacent to an activating group) is 1. The Morgan fingerprint density at radius 1 is 1.15 bits per heavy atom. The van der Waals surface area contributed by atoms with Crippen LogP contribution in [0.1, 0.15) is 17.2 Å². The van der Waals surface area contributed by atoms with E-state index in [1.807, 2.05) is 44.4 Å². The number of hydrogen-bond donors (Lipinski definition) is 2. The Balaban J connectivity index is 1.93. The van der Waals surface area contributed by atoms with Crippen molar-refractivity contribution in [3.63, 3.8) is 0 Å². The zero-order chi connectivity index (χ0) is 18.9. The van der Waals surface area contributed by atoms with Crippen molar-refractivity contribution in [2.45, 2.75) is 12.6 Å². The Labute approximate surface area is 154 Å². The Hall–Kier alpha value is -2.60. The third kappa shape index (κ3) is 5.74. The highest BCUT2D eigenvalue weighted by Crippen LogP contribution is 2.18. The molecule has 2 aromatic rings. The van der Waals surface area contributed by atoms with E-state index in [1.54, 1.807) is 26.3 Å². The summed E-state index contributed by atoms with van der Waals surface area (Å²) in [5.41, 5.74) is 2.05. The van der Waals surface area contributed by atoms with E-state index in [1.165, 1.54) is 6.07 Å². The molecule has 0 saturated carbocycles. The van der Waals surface area contributed by atoms with Crippen LogP contribution in [0.4, 0.5) is 4.39 Å². The molecule has 140 valence electrons. The van der Waals surface area contributed by atoms with Crippen LogP contribution in [0, 0.1) is 5.82 Å². The Morgan fingerprint density at radius 3 is 2.46 bits per heavy atom. The third-order valence-corrected chi connectivity index (χ3v) is 4.16. The van der Waals surface area contributed by atoms with Crippen LogP contribution in [0.3, 0.4) is 0 Å². The summed E-state index contributed by atoms with van der Waals surface area (Å²) in [5.74, 6) is 1.31. The smallest absolute Gasteiger partial charge is 0.191 e. The number of benzene rings is 2. The molecule has 26 heavy (non-hydrogen) atoms. The van der Waals surface area contributed by atoms with Crippen molar-refractivity contribution in [3.05, 3.63) is 65.5 Å². The minimum absolute atomic E-state index is 0.0326. The quantitative estimate of drug-likeness (QED) is 0.590. The average molecular weight is 358 g/mol. The zero-order valence-electron chi connectivity index (χ0n) is 15.8. The molecule has 2 rings (SSSR count). The largest absolute Gasteiger partial charge is 0.497 e. The van der Waals surface area contributed by atoms with E-state index in [2.05, 4.69) is 20.5 Å². The van der Waals surface area contributed by atoms with Crippen LogP contribution in [0.15, 0.2) is 53.5 Å². The van der Waals surface area contributed by atoms with Crippen molar-refractivity contribution in [3.8, 4) is 5.75 Å². The first kappa shape index (κ1) is 19.7. The molecule has 5 nitrogen and oxygen atoms in total. The van der Waals surface area contributed by atoms with Gasteiger partial charge in [0.15, 0.2) is 5.96 Å². The van der Waals surface area contributed by atoms with Gasteiger partial charge in [0, 0.05) is 20.1 Å². The van der Waals surface area contributed by atoms with Gasteiger partial charge in [-0.3, -0.25) is 4.99 Å². The molecular weight excluding hydrogens is 331 g/mol. The summed E-state index contributed by atoms with van der Waals surface area (Å²) in [6.07, 6.45) is 0. The van der Waals surface area contributed by atoms with Crippen LogP contribution in [0.5, 0.6) is 5.75 Å². The maximum Gasteiger partial charge on any atom is 0.191 e. The second-order valence-electron chi connectivity index (χ2n) is 6.19. The van der Waals surface area contributed by atoms with Crippen molar-refractivity contribution in [1.82, 2.24) is 15.5 Å². The standard InChI is InChI=1S/C20H27FN4O/c1-22-20(23-13-15-8-10-18(26-4)11-9-15)24-14-19(25(2)3)16-6-5-7-17(21)12-16/h5-12,19H,13-14H2,1-4H3,(H2,22,23,24). The monoisotopic (exact) mass is 358 g/mol. The van der Waals surface area contributed by atoms with E-state index < -0.39 is 0 Å². The SMILES string of the molecule is CN=C(NCc1ccc(OC)cc1)NCC(c1cccc(F)c1)N(C)C. The van der Waals surface area contributed by atoms with Crippen LogP contribution < -0.4 is 15.4 Å². The van der Waals surface area contributed by atoms with Gasteiger partial charge in [0.1, 0.15) is 11.6 Å². The van der Waals surface area contributed by atoms with Crippen LogP contribution in [0.2, 0.25) is 0 Å². The molecule has 0 heterocycles. The number of aliphatic imine (C=N–C) groups is 1. The Kier molecular flexibility index (Phi) is 7.41. The fraction of sp³-hybridized carbons (Fsp3) is 0.350.